The number of benzene rings is 2. The monoisotopic (exact) mass is 389 g/mol. The van der Waals surface area contributed by atoms with E-state index in [-0.39, 0.29) is 18.2 Å². The molecular weight excluding hydrogens is 374 g/mol. The molecule has 0 amide bonds. The Hall–Kier alpha value is -4.25. The summed E-state index contributed by atoms with van der Waals surface area (Å²) in [5, 5.41) is 19.6. The number of aromatic nitrogens is 2. The van der Waals surface area contributed by atoms with Gasteiger partial charge < -0.3 is 24.3 Å². The molecule has 1 aliphatic heterocycles. The molecule has 0 atom stereocenters. The largest absolute Gasteiger partial charge is 0.507 e. The van der Waals surface area contributed by atoms with Crippen molar-refractivity contribution in [2.45, 2.75) is 0 Å². The third kappa shape index (κ3) is 3.89. The molecule has 2 heterocycles. The highest BCUT2D eigenvalue weighted by molar-refractivity contribution is 5.87. The minimum Gasteiger partial charge on any atom is -0.507 e. The third-order valence-electron chi connectivity index (χ3n) is 4.19. The molecule has 2 N–H and O–H groups in total. The van der Waals surface area contributed by atoms with Gasteiger partial charge in [0.25, 0.3) is 0 Å². The first-order valence-corrected chi connectivity index (χ1v) is 8.66. The molecule has 1 aromatic heterocycles. The molecule has 1 aliphatic rings. The SMILES string of the molecule is N#C/C(=C(\O)COC(=O)/C=C/c1ccc2c(c1)OCO2)c1nc2ccccc2[nH]1. The number of nitrogens with one attached hydrogen (secondary N) is 1. The first-order valence-electron chi connectivity index (χ1n) is 8.66. The number of H-pyrrole nitrogens is 1. The van der Waals surface area contributed by atoms with E-state index in [4.69, 9.17) is 14.2 Å². The van der Waals surface area contributed by atoms with Crippen LogP contribution in [-0.2, 0) is 9.53 Å². The van der Waals surface area contributed by atoms with Crippen molar-refractivity contribution in [2.75, 3.05) is 13.4 Å². The van der Waals surface area contributed by atoms with Gasteiger partial charge in [-0.15, -0.1) is 0 Å². The van der Waals surface area contributed by atoms with Gasteiger partial charge in [-0.25, -0.2) is 9.78 Å². The van der Waals surface area contributed by atoms with Crippen molar-refractivity contribution in [3.63, 3.8) is 0 Å². The molecule has 0 bridgehead atoms. The number of nitriles is 1. The predicted molar refractivity (Wildman–Crippen MR) is 104 cm³/mol. The lowest BCUT2D eigenvalue weighted by atomic mass is 10.2. The lowest BCUT2D eigenvalue weighted by molar-refractivity contribution is -0.137. The second kappa shape index (κ2) is 7.78. The Bertz CT molecular complexity index is 1150. The summed E-state index contributed by atoms with van der Waals surface area (Å²) in [6.07, 6.45) is 2.77. The predicted octanol–water partition coefficient (Wildman–Crippen LogP) is 3.34. The number of esters is 1. The summed E-state index contributed by atoms with van der Waals surface area (Å²) in [5.41, 5.74) is 2.03. The number of aliphatic hydroxyl groups is 1. The standard InChI is InChI=1S/C21H15N3O5/c22-10-14(21-23-15-3-1-2-4-16(15)24-21)17(25)11-27-20(26)8-6-13-5-7-18-19(9-13)29-12-28-18/h1-9,25H,11-12H2,(H,23,24)/b8-6+,17-14+. The van der Waals surface area contributed by atoms with Crippen molar-refractivity contribution in [1.29, 1.82) is 5.26 Å². The second-order valence-electron chi connectivity index (χ2n) is 6.09. The van der Waals surface area contributed by atoms with Crippen LogP contribution in [0.5, 0.6) is 11.5 Å². The maximum Gasteiger partial charge on any atom is 0.331 e. The zero-order valence-electron chi connectivity index (χ0n) is 15.1. The van der Waals surface area contributed by atoms with Crippen molar-refractivity contribution < 1.29 is 24.1 Å². The van der Waals surface area contributed by atoms with Crippen molar-refractivity contribution in [3.8, 4) is 17.6 Å². The number of hydrogen-bond donors (Lipinski definition) is 2. The quantitative estimate of drug-likeness (QED) is 0.297. The smallest absolute Gasteiger partial charge is 0.331 e. The zero-order valence-corrected chi connectivity index (χ0v) is 15.1. The van der Waals surface area contributed by atoms with Crippen LogP contribution in [0.2, 0.25) is 0 Å². The first kappa shape index (κ1) is 18.1. The fourth-order valence-corrected chi connectivity index (χ4v) is 2.77. The van der Waals surface area contributed by atoms with Crippen LogP contribution in [0.1, 0.15) is 11.4 Å². The number of nitrogens with zero attached hydrogens (tertiary/aromatic N) is 2. The Balaban J connectivity index is 1.42. The Morgan fingerprint density at radius 3 is 2.93 bits per heavy atom. The maximum absolute atomic E-state index is 11.9. The molecule has 0 unspecified atom stereocenters. The molecule has 0 saturated carbocycles. The Morgan fingerprint density at radius 1 is 1.28 bits per heavy atom. The van der Waals surface area contributed by atoms with Gasteiger partial charge in [-0.3, -0.25) is 0 Å². The van der Waals surface area contributed by atoms with Crippen LogP contribution < -0.4 is 9.47 Å². The van der Waals surface area contributed by atoms with Gasteiger partial charge in [0.1, 0.15) is 18.2 Å². The number of fused-ring (bicyclic) bond motifs is 2. The van der Waals surface area contributed by atoms with E-state index in [0.29, 0.717) is 17.0 Å². The van der Waals surface area contributed by atoms with E-state index in [1.165, 1.54) is 6.08 Å². The molecular formula is C21H15N3O5. The highest BCUT2D eigenvalue weighted by atomic mass is 16.7. The average molecular weight is 389 g/mol. The van der Waals surface area contributed by atoms with Gasteiger partial charge >= 0.3 is 5.97 Å². The van der Waals surface area contributed by atoms with Crippen LogP contribution in [0.15, 0.2) is 54.3 Å². The van der Waals surface area contributed by atoms with Crippen LogP contribution >= 0.6 is 0 Å². The van der Waals surface area contributed by atoms with Crippen molar-refractivity contribution in [2.24, 2.45) is 0 Å². The van der Waals surface area contributed by atoms with Gasteiger partial charge in [0.05, 0.1) is 11.0 Å². The molecule has 0 spiro atoms. The molecule has 8 heteroatoms. The molecule has 3 aromatic rings. The fraction of sp³-hybridized carbons (Fsp3) is 0.0952. The Morgan fingerprint density at radius 2 is 2.10 bits per heavy atom. The molecule has 2 aromatic carbocycles. The molecule has 0 saturated heterocycles. The summed E-state index contributed by atoms with van der Waals surface area (Å²) in [4.78, 5) is 19.2. The summed E-state index contributed by atoms with van der Waals surface area (Å²) in [6, 6.07) is 14.4. The van der Waals surface area contributed by atoms with Crippen LogP contribution in [0, 0.1) is 11.3 Å². The molecule has 0 aliphatic carbocycles. The summed E-state index contributed by atoms with van der Waals surface area (Å²) >= 11 is 0. The number of carbonyl (C=O) groups is 1. The molecule has 4 rings (SSSR count). The molecule has 144 valence electrons. The second-order valence-corrected chi connectivity index (χ2v) is 6.09. The number of aromatic amines is 1. The van der Waals surface area contributed by atoms with E-state index >= 15 is 0 Å². The number of aliphatic hydroxyl groups excluding tert-OH is 1. The minimum atomic E-state index is -0.670. The van der Waals surface area contributed by atoms with Crippen molar-refractivity contribution in [1.82, 2.24) is 9.97 Å². The van der Waals surface area contributed by atoms with Gasteiger partial charge in [0, 0.05) is 6.08 Å². The van der Waals surface area contributed by atoms with Crippen LogP contribution in [0.25, 0.3) is 22.7 Å². The van der Waals surface area contributed by atoms with Crippen LogP contribution in [-0.4, -0.2) is 34.4 Å². The highest BCUT2D eigenvalue weighted by Crippen LogP contribution is 2.32. The Kier molecular flexibility index (Phi) is 4.86. The number of rotatable bonds is 5. The van der Waals surface area contributed by atoms with Gasteiger partial charge in [0.15, 0.2) is 23.1 Å². The first-order chi connectivity index (χ1) is 14.1. The zero-order chi connectivity index (χ0) is 20.2. The minimum absolute atomic E-state index is 0.0891. The molecule has 29 heavy (non-hydrogen) atoms. The average Bonchev–Trinajstić information content (AvgIpc) is 3.37. The fourth-order valence-electron chi connectivity index (χ4n) is 2.77. The number of carbonyl (C=O) groups excluding carboxylic acids is 1. The summed E-state index contributed by atoms with van der Waals surface area (Å²) in [6.45, 7) is -0.285. The Labute approximate surface area is 165 Å². The molecule has 8 nitrogen and oxygen atoms in total. The molecule has 0 fully saturated rings. The van der Waals surface area contributed by atoms with Crippen LogP contribution in [0.3, 0.4) is 0 Å². The van der Waals surface area contributed by atoms with Crippen molar-refractivity contribution >= 4 is 28.7 Å². The van der Waals surface area contributed by atoms with E-state index in [2.05, 4.69) is 9.97 Å². The number of ether oxygens (including phenoxy) is 3. The maximum atomic E-state index is 11.9. The summed E-state index contributed by atoms with van der Waals surface area (Å²) in [7, 11) is 0. The third-order valence-corrected chi connectivity index (χ3v) is 4.19. The number of imidazole rings is 1. The van der Waals surface area contributed by atoms with Gasteiger partial charge in [0.2, 0.25) is 6.79 Å². The number of para-hydroxylation sites is 2. The summed E-state index contributed by atoms with van der Waals surface area (Å²) < 4.78 is 15.5. The van der Waals surface area contributed by atoms with Gasteiger partial charge in [-0.05, 0) is 35.9 Å². The van der Waals surface area contributed by atoms with E-state index in [1.54, 1.807) is 36.4 Å². The van der Waals surface area contributed by atoms with E-state index in [1.807, 2.05) is 18.2 Å². The summed E-state index contributed by atoms with van der Waals surface area (Å²) in [5.74, 6) is 0.394. The number of allylic oxidation sites excluding steroid dienone is 1. The topological polar surface area (TPSA) is 117 Å². The highest BCUT2D eigenvalue weighted by Gasteiger charge is 2.15. The van der Waals surface area contributed by atoms with E-state index in [0.717, 1.165) is 11.1 Å². The van der Waals surface area contributed by atoms with Crippen molar-refractivity contribution in [3.05, 3.63) is 65.7 Å². The lowest BCUT2D eigenvalue weighted by Crippen LogP contribution is -2.06. The number of hydrogen-bond acceptors (Lipinski definition) is 7. The van der Waals surface area contributed by atoms with Gasteiger partial charge in [-0.1, -0.05) is 18.2 Å². The molecule has 0 radical (unpaired) electrons. The lowest BCUT2D eigenvalue weighted by Gasteiger charge is -2.03. The van der Waals surface area contributed by atoms with E-state index in [9.17, 15) is 15.2 Å². The van der Waals surface area contributed by atoms with E-state index < -0.39 is 18.3 Å². The van der Waals surface area contributed by atoms with Gasteiger partial charge in [-0.2, -0.15) is 5.26 Å². The van der Waals surface area contributed by atoms with Crippen LogP contribution in [0.4, 0.5) is 0 Å². The normalized spacial score (nSPS) is 13.3.